The number of nitrogens with zero attached hydrogens (tertiary/aromatic N) is 4. The smallest absolute Gasteiger partial charge is 0.326 e. The number of benzene rings is 2. The summed E-state index contributed by atoms with van der Waals surface area (Å²) in [5.74, 6) is -2.57. The van der Waals surface area contributed by atoms with Crippen LogP contribution < -0.4 is 10.6 Å². The first-order valence-electron chi connectivity index (χ1n) is 15.7. The van der Waals surface area contributed by atoms with E-state index in [2.05, 4.69) is 34.4 Å². The Kier molecular flexibility index (Phi) is 11.0. The highest BCUT2D eigenvalue weighted by Crippen LogP contribution is 2.35. The molecule has 0 aliphatic carbocycles. The van der Waals surface area contributed by atoms with Crippen molar-refractivity contribution in [3.8, 4) is 6.07 Å². The van der Waals surface area contributed by atoms with Crippen LogP contribution in [0.25, 0.3) is 0 Å². The Bertz CT molecular complexity index is 1880. The van der Waals surface area contributed by atoms with Gasteiger partial charge in [-0.1, -0.05) is 55.2 Å². The molecule has 2 aromatic carbocycles. The molecule has 3 N–H and O–H groups in total. The van der Waals surface area contributed by atoms with E-state index in [0.717, 1.165) is 30.2 Å². The van der Waals surface area contributed by atoms with Gasteiger partial charge in [0, 0.05) is 43.6 Å². The molecule has 2 saturated heterocycles. The molecule has 1 unspecified atom stereocenters. The maximum absolute atomic E-state index is 14.0. The van der Waals surface area contributed by atoms with Gasteiger partial charge in [-0.05, 0) is 67.1 Å². The van der Waals surface area contributed by atoms with E-state index >= 15 is 0 Å². The van der Waals surface area contributed by atoms with Gasteiger partial charge < -0.3 is 15.7 Å². The summed E-state index contributed by atoms with van der Waals surface area (Å²) in [7, 11) is -4.23. The molecule has 2 aliphatic rings. The third kappa shape index (κ3) is 8.40. The number of nitrogens with one attached hydrogen (secondary N) is 2. The van der Waals surface area contributed by atoms with Gasteiger partial charge in [0.15, 0.2) is 0 Å². The predicted octanol–water partition coefficient (Wildman–Crippen LogP) is 4.58. The monoisotopic (exact) mass is 726 g/mol. The maximum Gasteiger partial charge on any atom is 0.326 e. The summed E-state index contributed by atoms with van der Waals surface area (Å²) in [6, 6.07) is 11.1. The molecule has 49 heavy (non-hydrogen) atoms. The van der Waals surface area contributed by atoms with Gasteiger partial charge in [0.25, 0.3) is 5.91 Å². The molecule has 1 aromatic heterocycles. The molecule has 12 nitrogen and oxygen atoms in total. The fraction of sp³-hybridized carbons (Fsp3) is 0.382. The van der Waals surface area contributed by atoms with Crippen LogP contribution in [0.5, 0.6) is 0 Å². The summed E-state index contributed by atoms with van der Waals surface area (Å²) in [6.45, 7) is 5.86. The summed E-state index contributed by atoms with van der Waals surface area (Å²) in [5.41, 5.74) is 1.19. The molecular formula is C34H36Cl2N6O6S. The number of carboxylic acids is 1. The first-order chi connectivity index (χ1) is 23.2. The van der Waals surface area contributed by atoms with Crippen molar-refractivity contribution in [3.05, 3.63) is 87.7 Å². The van der Waals surface area contributed by atoms with Gasteiger partial charge in [-0.25, -0.2) is 13.2 Å². The van der Waals surface area contributed by atoms with Crippen molar-refractivity contribution >= 4 is 56.7 Å². The van der Waals surface area contributed by atoms with E-state index in [1.54, 1.807) is 24.3 Å². The van der Waals surface area contributed by atoms with E-state index in [1.807, 2.05) is 6.07 Å². The van der Waals surface area contributed by atoms with Crippen molar-refractivity contribution in [3.63, 3.8) is 0 Å². The van der Waals surface area contributed by atoms with Crippen LogP contribution in [0, 0.1) is 16.7 Å². The van der Waals surface area contributed by atoms with Crippen LogP contribution >= 0.6 is 23.2 Å². The van der Waals surface area contributed by atoms with Crippen LogP contribution in [-0.2, 0) is 26.0 Å². The number of nitriles is 1. The number of anilines is 1. The van der Waals surface area contributed by atoms with E-state index in [1.165, 1.54) is 36.7 Å². The van der Waals surface area contributed by atoms with Gasteiger partial charge in [0.2, 0.25) is 15.9 Å². The number of hydrogen-bond acceptors (Lipinski definition) is 8. The van der Waals surface area contributed by atoms with Gasteiger partial charge in [0.1, 0.15) is 12.1 Å². The number of hydrogen-bond donors (Lipinski definition) is 3. The standard InChI is InChI=1S/C34H36Cl2N6O6S/c1-34(2)11-4-12-41(20-34)24-15-29(42(19-24)49(47,48)25-6-3-5-22(13-25)16-37)31(43)40-28(33(45)46)14-21-7-9-23(10-8-21)39-32(44)30-26(35)17-38-18-27(30)36/h3,5-10,13,17-18,24,28-29H,4,11-12,14-15,19-20H2,1-2H3,(H,39,44)(H,40,43)(H,45,46)/t24?,28-,29-/m0/s1. The van der Waals surface area contributed by atoms with Crippen molar-refractivity contribution in [1.82, 2.24) is 19.5 Å². The van der Waals surface area contributed by atoms with E-state index in [0.29, 0.717) is 11.3 Å². The molecule has 0 spiro atoms. The van der Waals surface area contributed by atoms with E-state index in [4.69, 9.17) is 23.2 Å². The molecule has 3 atom stereocenters. The molecular weight excluding hydrogens is 691 g/mol. The summed E-state index contributed by atoms with van der Waals surface area (Å²) < 4.78 is 29.1. The normalized spacial score (nSPS) is 20.2. The second kappa shape index (κ2) is 14.8. The van der Waals surface area contributed by atoms with E-state index in [-0.39, 0.29) is 56.9 Å². The van der Waals surface area contributed by atoms with Crippen molar-refractivity contribution in [2.45, 2.75) is 62.6 Å². The van der Waals surface area contributed by atoms with Crippen LogP contribution in [0.15, 0.2) is 65.8 Å². The Morgan fingerprint density at radius 2 is 1.82 bits per heavy atom. The van der Waals surface area contributed by atoms with Crippen LogP contribution in [0.3, 0.4) is 0 Å². The fourth-order valence-electron chi connectivity index (χ4n) is 6.44. The second-order valence-electron chi connectivity index (χ2n) is 13.1. The SMILES string of the molecule is CC1(C)CCCN(C2C[C@@H](C(=O)N[C@@H](Cc3ccc(NC(=O)c4c(Cl)cncc4Cl)cc3)C(=O)O)N(S(=O)(=O)c3cccc(C#N)c3)C2)C1. The lowest BCUT2D eigenvalue weighted by Crippen LogP contribution is -2.51. The lowest BCUT2D eigenvalue weighted by Gasteiger charge is -2.41. The minimum absolute atomic E-state index is 0.0231. The number of carbonyl (C=O) groups is 3. The number of carbonyl (C=O) groups excluding carboxylic acids is 2. The topological polar surface area (TPSA) is 173 Å². The first kappa shape index (κ1) is 36.2. The lowest BCUT2D eigenvalue weighted by molar-refractivity contribution is -0.142. The Hall–Kier alpha value is -4.06. The number of pyridine rings is 1. The second-order valence-corrected chi connectivity index (χ2v) is 15.8. The summed E-state index contributed by atoms with van der Waals surface area (Å²) in [4.78, 5) is 44.9. The highest BCUT2D eigenvalue weighted by Gasteiger charge is 2.47. The molecule has 0 bridgehead atoms. The van der Waals surface area contributed by atoms with Crippen molar-refractivity contribution in [2.24, 2.45) is 5.41 Å². The minimum atomic E-state index is -4.23. The van der Waals surface area contributed by atoms with Crippen LogP contribution in [0.4, 0.5) is 5.69 Å². The highest BCUT2D eigenvalue weighted by atomic mass is 35.5. The van der Waals surface area contributed by atoms with Crippen LogP contribution in [0.1, 0.15) is 54.6 Å². The largest absolute Gasteiger partial charge is 0.480 e. The average molecular weight is 728 g/mol. The van der Waals surface area contributed by atoms with Gasteiger partial charge >= 0.3 is 5.97 Å². The molecule has 3 aromatic rings. The highest BCUT2D eigenvalue weighted by molar-refractivity contribution is 7.89. The fourth-order valence-corrected chi connectivity index (χ4v) is 8.66. The van der Waals surface area contributed by atoms with Crippen molar-refractivity contribution < 1.29 is 27.9 Å². The van der Waals surface area contributed by atoms with Crippen molar-refractivity contribution in [2.75, 3.05) is 25.0 Å². The molecule has 2 amide bonds. The number of sulfonamides is 1. The molecule has 3 heterocycles. The Labute approximate surface area is 295 Å². The molecule has 0 radical (unpaired) electrons. The maximum atomic E-state index is 14.0. The zero-order valence-corrected chi connectivity index (χ0v) is 29.2. The number of carboxylic acid groups (broad SMARTS) is 1. The zero-order valence-electron chi connectivity index (χ0n) is 26.9. The average Bonchev–Trinajstić information content (AvgIpc) is 3.52. The van der Waals surface area contributed by atoms with Crippen molar-refractivity contribution in [1.29, 1.82) is 5.26 Å². The van der Waals surface area contributed by atoms with Gasteiger partial charge in [-0.2, -0.15) is 9.57 Å². The first-order valence-corrected chi connectivity index (χ1v) is 17.9. The van der Waals surface area contributed by atoms with E-state index in [9.17, 15) is 33.2 Å². The number of rotatable bonds is 10. The molecule has 258 valence electrons. The Morgan fingerprint density at radius 3 is 2.45 bits per heavy atom. The molecule has 5 rings (SSSR count). The van der Waals surface area contributed by atoms with Gasteiger partial charge in [-0.3, -0.25) is 19.5 Å². The Morgan fingerprint density at radius 1 is 1.12 bits per heavy atom. The quantitative estimate of drug-likeness (QED) is 0.270. The van der Waals surface area contributed by atoms with Crippen LogP contribution in [-0.4, -0.2) is 83.3 Å². The third-order valence-corrected chi connectivity index (χ3v) is 11.3. The number of piperidine rings is 1. The number of amides is 2. The minimum Gasteiger partial charge on any atom is -0.480 e. The molecule has 2 aliphatic heterocycles. The number of halogens is 2. The number of likely N-dealkylation sites (tertiary alicyclic amines) is 1. The molecule has 2 fully saturated rings. The number of aromatic nitrogens is 1. The Balaban J connectivity index is 1.33. The summed E-state index contributed by atoms with van der Waals surface area (Å²) >= 11 is 12.2. The summed E-state index contributed by atoms with van der Waals surface area (Å²) in [5, 5.41) is 24.9. The molecule has 0 saturated carbocycles. The van der Waals surface area contributed by atoms with Gasteiger partial charge in [0.05, 0.1) is 32.1 Å². The molecule has 15 heteroatoms. The van der Waals surface area contributed by atoms with E-state index < -0.39 is 39.9 Å². The zero-order chi connectivity index (χ0) is 35.5. The van der Waals surface area contributed by atoms with Gasteiger partial charge in [-0.15, -0.1) is 0 Å². The van der Waals surface area contributed by atoms with Crippen LogP contribution in [0.2, 0.25) is 10.0 Å². The number of aliphatic carboxylic acids is 1. The third-order valence-electron chi connectivity index (χ3n) is 8.90. The lowest BCUT2D eigenvalue weighted by atomic mass is 9.83. The summed E-state index contributed by atoms with van der Waals surface area (Å²) in [6.07, 6.45) is 4.64. The predicted molar refractivity (Wildman–Crippen MR) is 184 cm³/mol.